The van der Waals surface area contributed by atoms with E-state index in [0.717, 1.165) is 24.2 Å². The lowest BCUT2D eigenvalue weighted by Crippen LogP contribution is -2.50. The summed E-state index contributed by atoms with van der Waals surface area (Å²) >= 11 is 1.16. The number of likely N-dealkylation sites (tertiary alicyclic amines) is 1. The van der Waals surface area contributed by atoms with Gasteiger partial charge in [0.2, 0.25) is 10.0 Å². The quantitative estimate of drug-likeness (QED) is 0.601. The summed E-state index contributed by atoms with van der Waals surface area (Å²) in [5.74, 6) is 0.179. The van der Waals surface area contributed by atoms with Crippen molar-refractivity contribution in [3.8, 4) is 0 Å². The van der Waals surface area contributed by atoms with Gasteiger partial charge in [0.25, 0.3) is 5.91 Å². The maximum absolute atomic E-state index is 12.3. The fourth-order valence-corrected chi connectivity index (χ4v) is 3.89. The SMILES string of the molecule is CS(=O)(=O)NCC1NNC2CN(C(=O)c3csnn3)CCC12. The van der Waals surface area contributed by atoms with Crippen molar-refractivity contribution in [1.82, 2.24) is 30.1 Å². The monoisotopic (exact) mass is 346 g/mol. The first-order valence-corrected chi connectivity index (χ1v) is 9.69. The number of hydrogen-bond donors (Lipinski definition) is 3. The molecule has 2 fully saturated rings. The minimum Gasteiger partial charge on any atom is -0.336 e. The number of amides is 1. The lowest BCUT2D eigenvalue weighted by atomic mass is 9.87. The predicted molar refractivity (Wildman–Crippen MR) is 80.6 cm³/mol. The Hall–Kier alpha value is -1.14. The highest BCUT2D eigenvalue weighted by atomic mass is 32.2. The van der Waals surface area contributed by atoms with Gasteiger partial charge in [-0.2, -0.15) is 0 Å². The van der Waals surface area contributed by atoms with Crippen LogP contribution in [0.4, 0.5) is 0 Å². The Bertz CT molecular complexity index is 634. The first-order valence-electron chi connectivity index (χ1n) is 6.96. The van der Waals surface area contributed by atoms with Crippen LogP contribution in [0.1, 0.15) is 16.9 Å². The molecule has 3 atom stereocenters. The number of hydrogen-bond acceptors (Lipinski definition) is 8. The van der Waals surface area contributed by atoms with E-state index >= 15 is 0 Å². The van der Waals surface area contributed by atoms with E-state index in [1.807, 2.05) is 0 Å². The van der Waals surface area contributed by atoms with Gasteiger partial charge in [0.1, 0.15) is 0 Å². The third-order valence-corrected chi connectivity index (χ3v) is 5.26. The second-order valence-corrected chi connectivity index (χ2v) is 8.06. The lowest BCUT2D eigenvalue weighted by Gasteiger charge is -2.35. The molecule has 2 saturated heterocycles. The van der Waals surface area contributed by atoms with Gasteiger partial charge in [0.15, 0.2) is 5.69 Å². The summed E-state index contributed by atoms with van der Waals surface area (Å²) in [5, 5.41) is 5.46. The fourth-order valence-electron chi connectivity index (χ4n) is 2.97. The van der Waals surface area contributed by atoms with E-state index in [4.69, 9.17) is 0 Å². The molecule has 3 unspecified atom stereocenters. The molecule has 0 saturated carbocycles. The summed E-state index contributed by atoms with van der Waals surface area (Å²) in [6.45, 7) is 1.55. The highest BCUT2D eigenvalue weighted by molar-refractivity contribution is 7.88. The van der Waals surface area contributed by atoms with E-state index in [1.54, 1.807) is 10.3 Å². The van der Waals surface area contributed by atoms with Crippen molar-refractivity contribution in [2.75, 3.05) is 25.9 Å². The largest absolute Gasteiger partial charge is 0.336 e. The maximum Gasteiger partial charge on any atom is 0.275 e. The Labute approximate surface area is 132 Å². The molecule has 1 amide bonds. The van der Waals surface area contributed by atoms with Gasteiger partial charge in [0.05, 0.1) is 6.26 Å². The average molecular weight is 346 g/mol. The molecule has 2 aliphatic rings. The highest BCUT2D eigenvalue weighted by Crippen LogP contribution is 2.25. The number of rotatable bonds is 4. The van der Waals surface area contributed by atoms with Crippen LogP contribution in [0.3, 0.4) is 0 Å². The van der Waals surface area contributed by atoms with Crippen molar-refractivity contribution < 1.29 is 13.2 Å². The molecule has 0 aliphatic carbocycles. The van der Waals surface area contributed by atoms with E-state index in [9.17, 15) is 13.2 Å². The Kier molecular flexibility index (Phi) is 4.41. The number of carbonyl (C=O) groups is 1. The van der Waals surface area contributed by atoms with Crippen LogP contribution in [0, 0.1) is 5.92 Å². The normalized spacial score (nSPS) is 28.6. The standard InChI is InChI=1S/C11H18N6O3S2/c1-22(19,20)12-4-8-7-2-3-17(5-9(7)14-13-8)11(18)10-6-21-16-15-10/h6-9,12-14H,2-5H2,1H3. The van der Waals surface area contributed by atoms with Crippen LogP contribution in [-0.2, 0) is 10.0 Å². The van der Waals surface area contributed by atoms with Gasteiger partial charge in [-0.25, -0.2) is 13.1 Å². The Morgan fingerprint density at radius 3 is 3.05 bits per heavy atom. The molecule has 1 aromatic rings. The molecule has 1 aromatic heterocycles. The van der Waals surface area contributed by atoms with Crippen LogP contribution in [-0.4, -0.2) is 66.8 Å². The van der Waals surface area contributed by atoms with Crippen LogP contribution >= 0.6 is 11.5 Å². The second-order valence-electron chi connectivity index (χ2n) is 5.62. The number of sulfonamides is 1. The highest BCUT2D eigenvalue weighted by Gasteiger charge is 2.41. The van der Waals surface area contributed by atoms with Crippen molar-refractivity contribution in [2.45, 2.75) is 18.5 Å². The molecule has 3 rings (SSSR count). The van der Waals surface area contributed by atoms with E-state index in [2.05, 4.69) is 25.2 Å². The van der Waals surface area contributed by atoms with Crippen molar-refractivity contribution in [2.24, 2.45) is 5.92 Å². The molecule has 122 valence electrons. The number of carbonyl (C=O) groups excluding carboxylic acids is 1. The molecule has 0 aromatic carbocycles. The summed E-state index contributed by atoms with van der Waals surface area (Å²) in [5.41, 5.74) is 6.67. The topological polar surface area (TPSA) is 116 Å². The summed E-state index contributed by atoms with van der Waals surface area (Å²) in [6.07, 6.45) is 1.96. The van der Waals surface area contributed by atoms with Gasteiger partial charge in [-0.15, -0.1) is 5.10 Å². The molecule has 22 heavy (non-hydrogen) atoms. The Balaban J connectivity index is 1.58. The average Bonchev–Trinajstić information content (AvgIpc) is 3.12. The molecular formula is C11H18N6O3S2. The molecule has 3 heterocycles. The number of hydrazine groups is 1. The second kappa shape index (κ2) is 6.16. The van der Waals surface area contributed by atoms with Crippen LogP contribution in [0.2, 0.25) is 0 Å². The summed E-state index contributed by atoms with van der Waals surface area (Å²) in [4.78, 5) is 14.0. The van der Waals surface area contributed by atoms with E-state index in [0.29, 0.717) is 25.3 Å². The lowest BCUT2D eigenvalue weighted by molar-refractivity contribution is 0.0658. The summed E-state index contributed by atoms with van der Waals surface area (Å²) < 4.78 is 28.6. The number of nitrogens with one attached hydrogen (secondary N) is 3. The first-order chi connectivity index (χ1) is 10.4. The zero-order valence-corrected chi connectivity index (χ0v) is 13.7. The van der Waals surface area contributed by atoms with Gasteiger partial charge in [-0.3, -0.25) is 15.6 Å². The van der Waals surface area contributed by atoms with Crippen molar-refractivity contribution in [1.29, 1.82) is 0 Å². The number of fused-ring (bicyclic) bond motifs is 1. The van der Waals surface area contributed by atoms with Gasteiger partial charge < -0.3 is 4.90 Å². The Morgan fingerprint density at radius 1 is 1.55 bits per heavy atom. The van der Waals surface area contributed by atoms with E-state index < -0.39 is 10.0 Å². The maximum atomic E-state index is 12.3. The van der Waals surface area contributed by atoms with Gasteiger partial charge >= 0.3 is 0 Å². The molecule has 0 bridgehead atoms. The minimum absolute atomic E-state index is 0.0258. The third-order valence-electron chi connectivity index (χ3n) is 4.07. The molecule has 2 aliphatic heterocycles. The van der Waals surface area contributed by atoms with Gasteiger partial charge in [-0.1, -0.05) is 4.49 Å². The summed E-state index contributed by atoms with van der Waals surface area (Å²) in [6, 6.07) is 0.133. The molecule has 9 nitrogen and oxygen atoms in total. The number of nitrogens with zero attached hydrogens (tertiary/aromatic N) is 3. The number of piperidine rings is 1. The van der Waals surface area contributed by atoms with E-state index in [-0.39, 0.29) is 23.9 Å². The van der Waals surface area contributed by atoms with Crippen LogP contribution < -0.4 is 15.6 Å². The fraction of sp³-hybridized carbons (Fsp3) is 0.727. The van der Waals surface area contributed by atoms with Crippen molar-refractivity contribution in [3.05, 3.63) is 11.1 Å². The van der Waals surface area contributed by atoms with Crippen LogP contribution in [0.5, 0.6) is 0 Å². The van der Waals surface area contributed by atoms with E-state index in [1.165, 1.54) is 0 Å². The molecule has 0 radical (unpaired) electrons. The van der Waals surface area contributed by atoms with Crippen molar-refractivity contribution in [3.63, 3.8) is 0 Å². The minimum atomic E-state index is -3.20. The van der Waals surface area contributed by atoms with Gasteiger partial charge in [0, 0.05) is 37.1 Å². The van der Waals surface area contributed by atoms with Crippen molar-refractivity contribution >= 4 is 27.5 Å². The smallest absolute Gasteiger partial charge is 0.275 e. The predicted octanol–water partition coefficient (Wildman–Crippen LogP) is -1.61. The number of aromatic nitrogens is 2. The third kappa shape index (κ3) is 3.43. The molecule has 3 N–H and O–H groups in total. The zero-order valence-electron chi connectivity index (χ0n) is 12.0. The molecular weight excluding hydrogens is 328 g/mol. The first kappa shape index (κ1) is 15.7. The summed E-state index contributed by atoms with van der Waals surface area (Å²) in [7, 11) is -3.20. The molecule has 0 spiro atoms. The van der Waals surface area contributed by atoms with Crippen LogP contribution in [0.15, 0.2) is 5.38 Å². The zero-order chi connectivity index (χ0) is 15.7. The molecule has 11 heteroatoms. The van der Waals surface area contributed by atoms with Crippen LogP contribution in [0.25, 0.3) is 0 Å². The Morgan fingerprint density at radius 2 is 2.36 bits per heavy atom. The van der Waals surface area contributed by atoms with Gasteiger partial charge in [-0.05, 0) is 23.9 Å².